The number of benzene rings is 1. The Balaban J connectivity index is 2.14. The Morgan fingerprint density at radius 2 is 2.16 bits per heavy atom. The van der Waals surface area contributed by atoms with E-state index in [0.717, 1.165) is 6.42 Å². The van der Waals surface area contributed by atoms with Crippen molar-refractivity contribution in [2.24, 2.45) is 5.92 Å². The Kier molecular flexibility index (Phi) is 4.01. The summed E-state index contributed by atoms with van der Waals surface area (Å²) in [6.45, 7) is 2.50. The van der Waals surface area contributed by atoms with Gasteiger partial charge in [0, 0.05) is 6.61 Å². The number of hydrogen-bond donors (Lipinski definition) is 1. The van der Waals surface area contributed by atoms with Gasteiger partial charge in [0.15, 0.2) is 0 Å². The Hall–Kier alpha value is -1.27. The van der Waals surface area contributed by atoms with Crippen LogP contribution in [0.15, 0.2) is 24.3 Å². The molecule has 0 radical (unpaired) electrons. The summed E-state index contributed by atoms with van der Waals surface area (Å²) in [5.41, 5.74) is 0.362. The van der Waals surface area contributed by atoms with Gasteiger partial charge in [-0.3, -0.25) is 0 Å². The Morgan fingerprint density at radius 1 is 1.42 bits per heavy atom. The quantitative estimate of drug-likeness (QED) is 0.922. The number of ether oxygens (including phenoxy) is 2. The smallest absolute Gasteiger partial charge is 0.406 e. The lowest BCUT2D eigenvalue weighted by atomic mass is 9.95. The molecule has 0 aromatic heterocycles. The molecule has 3 nitrogen and oxygen atoms in total. The lowest BCUT2D eigenvalue weighted by Gasteiger charge is -2.22. The van der Waals surface area contributed by atoms with Gasteiger partial charge < -0.3 is 14.6 Å². The zero-order valence-corrected chi connectivity index (χ0v) is 10.4. The van der Waals surface area contributed by atoms with Crippen molar-refractivity contribution in [3.05, 3.63) is 29.8 Å². The summed E-state index contributed by atoms with van der Waals surface area (Å²) in [6, 6.07) is 5.36. The fraction of sp³-hybridized carbons (Fsp3) is 0.538. The molecule has 1 N–H and O–H groups in total. The number of alkyl halides is 3. The molecule has 2 rings (SSSR count). The second-order valence-corrected chi connectivity index (χ2v) is 4.67. The van der Waals surface area contributed by atoms with Crippen LogP contribution in [0.2, 0.25) is 0 Å². The van der Waals surface area contributed by atoms with Gasteiger partial charge >= 0.3 is 6.36 Å². The third-order valence-corrected chi connectivity index (χ3v) is 3.19. The molecule has 1 fully saturated rings. The van der Waals surface area contributed by atoms with Gasteiger partial charge in [-0.1, -0.05) is 19.1 Å². The lowest BCUT2D eigenvalue weighted by Crippen LogP contribution is -2.23. The third kappa shape index (κ3) is 3.61. The number of hydrogen-bond acceptors (Lipinski definition) is 3. The van der Waals surface area contributed by atoms with Crippen molar-refractivity contribution in [3.63, 3.8) is 0 Å². The first-order valence-corrected chi connectivity index (χ1v) is 6.02. The van der Waals surface area contributed by atoms with Crippen molar-refractivity contribution < 1.29 is 27.8 Å². The van der Waals surface area contributed by atoms with Gasteiger partial charge in [0.25, 0.3) is 0 Å². The summed E-state index contributed by atoms with van der Waals surface area (Å²) < 4.78 is 45.6. The van der Waals surface area contributed by atoms with Crippen LogP contribution in [0.3, 0.4) is 0 Å². The third-order valence-electron chi connectivity index (χ3n) is 3.19. The van der Waals surface area contributed by atoms with Gasteiger partial charge in [-0.15, -0.1) is 13.2 Å². The molecule has 19 heavy (non-hydrogen) atoms. The van der Waals surface area contributed by atoms with E-state index in [2.05, 4.69) is 4.74 Å². The van der Waals surface area contributed by atoms with Gasteiger partial charge in [0.2, 0.25) is 0 Å². The molecule has 0 amide bonds. The predicted octanol–water partition coefficient (Wildman–Crippen LogP) is 3.04. The molecule has 3 unspecified atom stereocenters. The predicted molar refractivity (Wildman–Crippen MR) is 61.6 cm³/mol. The van der Waals surface area contributed by atoms with E-state index in [-0.39, 0.29) is 17.8 Å². The van der Waals surface area contributed by atoms with Crippen LogP contribution in [0.5, 0.6) is 5.75 Å². The molecule has 1 heterocycles. The van der Waals surface area contributed by atoms with Crippen LogP contribution in [-0.4, -0.2) is 24.2 Å². The van der Waals surface area contributed by atoms with Crippen molar-refractivity contribution in [2.45, 2.75) is 31.9 Å². The van der Waals surface area contributed by atoms with E-state index in [1.807, 2.05) is 6.92 Å². The lowest BCUT2D eigenvalue weighted by molar-refractivity contribution is -0.274. The van der Waals surface area contributed by atoms with E-state index in [4.69, 9.17) is 4.74 Å². The van der Waals surface area contributed by atoms with Crippen LogP contribution in [0, 0.1) is 5.92 Å². The fourth-order valence-corrected chi connectivity index (χ4v) is 2.21. The largest absolute Gasteiger partial charge is 0.573 e. The number of aliphatic hydroxyl groups excluding tert-OH is 1. The Bertz CT molecular complexity index is 433. The first kappa shape index (κ1) is 14.1. The second-order valence-electron chi connectivity index (χ2n) is 4.67. The minimum Gasteiger partial charge on any atom is -0.406 e. The topological polar surface area (TPSA) is 38.7 Å². The van der Waals surface area contributed by atoms with Gasteiger partial charge in [-0.2, -0.15) is 0 Å². The zero-order chi connectivity index (χ0) is 14.0. The summed E-state index contributed by atoms with van der Waals surface area (Å²) in [4.78, 5) is 0. The molecule has 1 saturated heterocycles. The van der Waals surface area contributed by atoms with Gasteiger partial charge in [-0.25, -0.2) is 0 Å². The standard InChI is InChI=1S/C13H15F3O3/c1-8-5-6-18-12(8)11(17)9-3-2-4-10(7-9)19-13(14,15)16/h2-4,7-8,11-12,17H,5-6H2,1H3. The highest BCUT2D eigenvalue weighted by Crippen LogP contribution is 2.33. The van der Waals surface area contributed by atoms with Crippen LogP contribution < -0.4 is 4.74 Å². The molecule has 1 aromatic rings. The molecule has 0 bridgehead atoms. The second kappa shape index (κ2) is 5.38. The van der Waals surface area contributed by atoms with Gasteiger partial charge in [-0.05, 0) is 30.0 Å². The van der Waals surface area contributed by atoms with Crippen LogP contribution in [0.25, 0.3) is 0 Å². The molecule has 0 aliphatic carbocycles. The minimum absolute atomic E-state index is 0.169. The van der Waals surface area contributed by atoms with Crippen LogP contribution in [-0.2, 0) is 4.74 Å². The first-order valence-electron chi connectivity index (χ1n) is 6.02. The highest BCUT2D eigenvalue weighted by molar-refractivity contribution is 5.30. The summed E-state index contributed by atoms with van der Waals surface area (Å²) in [5, 5.41) is 10.2. The van der Waals surface area contributed by atoms with Gasteiger partial charge in [0.1, 0.15) is 11.9 Å². The average Bonchev–Trinajstić information content (AvgIpc) is 2.72. The van der Waals surface area contributed by atoms with E-state index in [9.17, 15) is 18.3 Å². The molecule has 6 heteroatoms. The van der Waals surface area contributed by atoms with E-state index in [1.54, 1.807) is 6.07 Å². The maximum atomic E-state index is 12.1. The monoisotopic (exact) mass is 276 g/mol. The van der Waals surface area contributed by atoms with Crippen molar-refractivity contribution in [1.29, 1.82) is 0 Å². The molecule has 0 spiro atoms. The number of halogens is 3. The van der Waals surface area contributed by atoms with Crippen LogP contribution in [0.4, 0.5) is 13.2 Å². The molecule has 1 aromatic carbocycles. The first-order chi connectivity index (χ1) is 8.87. The van der Waals surface area contributed by atoms with E-state index in [0.29, 0.717) is 12.2 Å². The van der Waals surface area contributed by atoms with Crippen molar-refractivity contribution >= 4 is 0 Å². The van der Waals surface area contributed by atoms with Crippen LogP contribution in [0.1, 0.15) is 25.0 Å². The highest BCUT2D eigenvalue weighted by atomic mass is 19.4. The normalized spacial score (nSPS) is 25.3. The summed E-state index contributed by atoms with van der Waals surface area (Å²) in [6.07, 6.45) is -5.24. The zero-order valence-electron chi connectivity index (χ0n) is 10.4. The number of aliphatic hydroxyl groups is 1. The maximum absolute atomic E-state index is 12.1. The molecular weight excluding hydrogens is 261 g/mol. The minimum atomic E-state index is -4.74. The molecule has 3 atom stereocenters. The van der Waals surface area contributed by atoms with E-state index < -0.39 is 12.5 Å². The van der Waals surface area contributed by atoms with Crippen LogP contribution >= 0.6 is 0 Å². The summed E-state index contributed by atoms with van der Waals surface area (Å²) >= 11 is 0. The average molecular weight is 276 g/mol. The fourth-order valence-electron chi connectivity index (χ4n) is 2.21. The summed E-state index contributed by atoms with van der Waals surface area (Å²) in [5.74, 6) is -0.170. The Morgan fingerprint density at radius 3 is 2.74 bits per heavy atom. The maximum Gasteiger partial charge on any atom is 0.573 e. The summed E-state index contributed by atoms with van der Waals surface area (Å²) in [7, 11) is 0. The van der Waals surface area contributed by atoms with E-state index in [1.165, 1.54) is 18.2 Å². The Labute approximate surface area is 108 Å². The molecule has 0 saturated carbocycles. The van der Waals surface area contributed by atoms with E-state index >= 15 is 0 Å². The van der Waals surface area contributed by atoms with Gasteiger partial charge in [0.05, 0.1) is 6.10 Å². The highest BCUT2D eigenvalue weighted by Gasteiger charge is 2.33. The molecular formula is C13H15F3O3. The molecule has 1 aliphatic heterocycles. The SMILES string of the molecule is CC1CCOC1C(O)c1cccc(OC(F)(F)F)c1. The number of rotatable bonds is 3. The van der Waals surface area contributed by atoms with Crippen molar-refractivity contribution in [3.8, 4) is 5.75 Å². The van der Waals surface area contributed by atoms with Crippen molar-refractivity contribution in [1.82, 2.24) is 0 Å². The molecule has 1 aliphatic rings. The van der Waals surface area contributed by atoms with Crippen molar-refractivity contribution in [2.75, 3.05) is 6.61 Å². The molecule has 106 valence electrons.